The van der Waals surface area contributed by atoms with Gasteiger partial charge in [-0.1, -0.05) is 0 Å². The van der Waals surface area contributed by atoms with E-state index in [-0.39, 0.29) is 127 Å². The van der Waals surface area contributed by atoms with Gasteiger partial charge in [0.1, 0.15) is 0 Å². The molecule has 19 heavy (non-hydrogen) atoms. The van der Waals surface area contributed by atoms with Crippen LogP contribution in [-0.2, 0) is 33.4 Å². The Balaban J connectivity index is -0.00000000508. The second-order valence-corrected chi connectivity index (χ2v) is 0.657. The topological polar surface area (TPSA) is 304 Å². The summed E-state index contributed by atoms with van der Waals surface area (Å²) in [5.74, 6) is 0. The van der Waals surface area contributed by atoms with Gasteiger partial charge in [0.25, 0.3) is 0 Å². The number of hydrogen-bond donors (Lipinski definition) is 0. The fourth-order valence-electron chi connectivity index (χ4n) is 0.0454. The Morgan fingerprint density at radius 1 is 0.474 bits per heavy atom. The van der Waals surface area contributed by atoms with Gasteiger partial charge in [-0.2, -0.15) is 0 Å². The largest absolute Gasteiger partial charge is 2.00 e. The maximum absolute atomic E-state index is 8.95. The standard InChI is InChI=1S/2B2O3.2Na.6H2O.O/c2*3-1-5-2-4;;;;;;;;;/h;;;;6*1H2;/q;;2*+1;;;;;;;-2. The first-order valence-corrected chi connectivity index (χ1v) is 1.89. The van der Waals surface area contributed by atoms with E-state index in [1.807, 2.05) is 0 Å². The zero-order chi connectivity index (χ0) is 8.24. The second-order valence-electron chi connectivity index (χ2n) is 0.657. The molecule has 0 unspecified atom stereocenters. The van der Waals surface area contributed by atoms with Crippen LogP contribution in [0.3, 0.4) is 0 Å². The van der Waals surface area contributed by atoms with E-state index in [1.54, 1.807) is 0 Å². The maximum Gasteiger partial charge on any atom is 1.00 e. The maximum atomic E-state index is 8.95. The van der Waals surface area contributed by atoms with E-state index in [4.69, 9.17) is 18.8 Å². The first kappa shape index (κ1) is 90.5. The minimum Gasteiger partial charge on any atom is -2.00 e. The van der Waals surface area contributed by atoms with Crippen molar-refractivity contribution in [3.05, 3.63) is 0 Å². The molecule has 0 heterocycles. The molecule has 0 saturated heterocycles. The van der Waals surface area contributed by atoms with Crippen molar-refractivity contribution in [2.75, 3.05) is 0 Å². The van der Waals surface area contributed by atoms with E-state index in [9.17, 15) is 0 Å². The molecule has 0 radical (unpaired) electrons. The molecule has 0 aromatic heterocycles. The van der Waals surface area contributed by atoms with Gasteiger partial charge in [0, 0.05) is 0 Å². The Morgan fingerprint density at radius 3 is 0.579 bits per heavy atom. The first-order valence-electron chi connectivity index (χ1n) is 1.89. The van der Waals surface area contributed by atoms with Crippen LogP contribution in [0, 0.1) is 0 Å². The summed E-state index contributed by atoms with van der Waals surface area (Å²) >= 11 is 0. The fourth-order valence-corrected chi connectivity index (χ4v) is 0.0454. The molecular formula is H12B4Na2O13. The Hall–Kier alpha value is 0.780. The van der Waals surface area contributed by atoms with Gasteiger partial charge in [-0.05, 0) is 0 Å². The molecule has 0 fully saturated rings. The van der Waals surface area contributed by atoms with E-state index in [0.29, 0.717) is 0 Å². The zero-order valence-corrected chi connectivity index (χ0v) is 14.2. The van der Waals surface area contributed by atoms with Crippen molar-refractivity contribution < 1.29 is 125 Å². The molecule has 0 spiro atoms. The van der Waals surface area contributed by atoms with Crippen molar-refractivity contribution >= 4 is 29.4 Å². The number of rotatable bonds is 4. The summed E-state index contributed by atoms with van der Waals surface area (Å²) in [5, 5.41) is 0. The molecule has 19 heteroatoms. The molecule has 0 aliphatic rings. The summed E-state index contributed by atoms with van der Waals surface area (Å²) in [6.07, 6.45) is 0. The summed E-state index contributed by atoms with van der Waals surface area (Å²) in [6, 6.07) is 0. The smallest absolute Gasteiger partial charge is 1.00 e. The zero-order valence-electron chi connectivity index (χ0n) is 10.2. The Bertz CT molecular complexity index is 95.2. The predicted octanol–water partition coefficient (Wildman–Crippen LogP) is -13.2. The monoisotopic (exact) mass is 310 g/mol. The Kier molecular flexibility index (Phi) is 615. The minimum absolute atomic E-state index is 0. The van der Waals surface area contributed by atoms with Crippen LogP contribution in [0.15, 0.2) is 0 Å². The molecule has 0 aliphatic carbocycles. The predicted molar refractivity (Wildman–Crippen MR) is 50.3 cm³/mol. The van der Waals surface area contributed by atoms with Crippen LogP contribution >= 0.6 is 0 Å². The molecule has 13 nitrogen and oxygen atoms in total. The van der Waals surface area contributed by atoms with Crippen LogP contribution < -0.4 is 59.1 Å². The van der Waals surface area contributed by atoms with Gasteiger partial charge in [-0.3, -0.25) is 0 Å². The van der Waals surface area contributed by atoms with Crippen LogP contribution in [0.25, 0.3) is 0 Å². The van der Waals surface area contributed by atoms with Gasteiger partial charge in [0.2, 0.25) is 0 Å². The van der Waals surface area contributed by atoms with Gasteiger partial charge in [-0.15, -0.1) is 0 Å². The normalized spacial score (nSPS) is 2.11. The van der Waals surface area contributed by atoms with Crippen molar-refractivity contribution in [1.29, 1.82) is 0 Å². The van der Waals surface area contributed by atoms with E-state index in [2.05, 4.69) is 9.14 Å². The van der Waals surface area contributed by atoms with Crippen molar-refractivity contribution in [2.45, 2.75) is 0 Å². The third-order valence-electron chi connectivity index (χ3n) is 0.222. The molecular weight excluding hydrogens is 297 g/mol. The first-order chi connectivity index (χ1) is 4.83. The second kappa shape index (κ2) is 129. The summed E-state index contributed by atoms with van der Waals surface area (Å²) < 4.78 is 42.8. The van der Waals surface area contributed by atoms with E-state index < -0.39 is 0 Å². The SMILES string of the molecule is O.O.O.O.O.O.O=BOB=O.O=BOB=O.[Na+].[Na+].[O-2]. The van der Waals surface area contributed by atoms with E-state index in [0.717, 1.165) is 0 Å². The van der Waals surface area contributed by atoms with E-state index >= 15 is 0 Å². The van der Waals surface area contributed by atoms with E-state index in [1.165, 1.54) is 0 Å². The van der Waals surface area contributed by atoms with Crippen molar-refractivity contribution in [1.82, 2.24) is 0 Å². The molecule has 0 aromatic rings. The average Bonchev–Trinajstić information content (AvgIpc) is 1.93. The molecule has 0 saturated carbocycles. The Morgan fingerprint density at radius 2 is 0.579 bits per heavy atom. The Labute approximate surface area is 154 Å². The summed E-state index contributed by atoms with van der Waals surface area (Å²) in [6.45, 7) is 0. The summed E-state index contributed by atoms with van der Waals surface area (Å²) in [4.78, 5) is 0. The van der Waals surface area contributed by atoms with Crippen molar-refractivity contribution in [3.8, 4) is 0 Å². The van der Waals surface area contributed by atoms with Crippen molar-refractivity contribution in [2.24, 2.45) is 0 Å². The van der Waals surface area contributed by atoms with Gasteiger partial charge in [0.15, 0.2) is 0 Å². The number of hydrogen-bond acceptors (Lipinski definition) is 6. The third-order valence-corrected chi connectivity index (χ3v) is 0.222. The molecule has 0 aliphatic heterocycles. The molecule has 12 N–H and O–H groups in total. The molecule has 0 amide bonds. The third kappa shape index (κ3) is 231. The van der Waals surface area contributed by atoms with Crippen LogP contribution in [0.2, 0.25) is 0 Å². The molecule has 0 aromatic carbocycles. The van der Waals surface area contributed by atoms with Crippen LogP contribution in [-0.4, -0.2) is 62.3 Å². The molecule has 0 rings (SSSR count). The van der Waals surface area contributed by atoms with Gasteiger partial charge >= 0.3 is 116 Å². The molecule has 104 valence electrons. The van der Waals surface area contributed by atoms with Crippen LogP contribution in [0.4, 0.5) is 0 Å². The fraction of sp³-hybridized carbons (Fsp3) is 0. The van der Waals surface area contributed by atoms with Crippen LogP contribution in [0.5, 0.6) is 0 Å². The molecule has 0 atom stereocenters. The van der Waals surface area contributed by atoms with Gasteiger partial charge in [0.05, 0.1) is 0 Å². The molecule has 0 bridgehead atoms. The quantitative estimate of drug-likeness (QED) is 0.453. The van der Waals surface area contributed by atoms with Crippen LogP contribution in [0.1, 0.15) is 0 Å². The summed E-state index contributed by atoms with van der Waals surface area (Å²) in [5.41, 5.74) is 0. The minimum atomic E-state index is 0. The van der Waals surface area contributed by atoms with Crippen molar-refractivity contribution in [3.63, 3.8) is 0 Å². The van der Waals surface area contributed by atoms with Gasteiger partial charge in [-0.25, -0.2) is 0 Å². The van der Waals surface area contributed by atoms with Gasteiger partial charge < -0.3 is 38.3 Å². The average molecular weight is 309 g/mol. The summed E-state index contributed by atoms with van der Waals surface area (Å²) in [7, 11) is 0.250.